The van der Waals surface area contributed by atoms with E-state index in [0.29, 0.717) is 19.5 Å². The van der Waals surface area contributed by atoms with Crippen molar-refractivity contribution in [2.75, 3.05) is 18.4 Å². The molecular formula is C25H22FN3O3. The number of carbonyl (C=O) groups excluding carboxylic acids is 2. The lowest BCUT2D eigenvalue weighted by Gasteiger charge is -2.23. The van der Waals surface area contributed by atoms with Gasteiger partial charge in [0.05, 0.1) is 30.2 Å². The van der Waals surface area contributed by atoms with Gasteiger partial charge in [-0.1, -0.05) is 42.5 Å². The molecule has 0 aliphatic carbocycles. The first-order valence-electron chi connectivity index (χ1n) is 10.8. The van der Waals surface area contributed by atoms with E-state index < -0.39 is 29.4 Å². The Bertz CT molecular complexity index is 1270. The van der Waals surface area contributed by atoms with E-state index in [0.717, 1.165) is 16.5 Å². The number of benzene rings is 2. The highest BCUT2D eigenvalue weighted by atomic mass is 19.1. The third-order valence-electron chi connectivity index (χ3n) is 6.94. The Balaban J connectivity index is 1.21. The Hall–Kier alpha value is -3.45. The lowest BCUT2D eigenvalue weighted by molar-refractivity contribution is -0.135. The lowest BCUT2D eigenvalue weighted by Crippen LogP contribution is -2.41. The highest BCUT2D eigenvalue weighted by molar-refractivity contribution is 5.99. The highest BCUT2D eigenvalue weighted by Crippen LogP contribution is 2.52. The van der Waals surface area contributed by atoms with Crippen molar-refractivity contribution in [3.05, 3.63) is 78.3 Å². The molecule has 2 fully saturated rings. The molecule has 1 aromatic heterocycles. The van der Waals surface area contributed by atoms with Crippen LogP contribution in [-0.2, 0) is 20.7 Å². The fourth-order valence-electron chi connectivity index (χ4n) is 5.44. The maximum absolute atomic E-state index is 14.0. The first kappa shape index (κ1) is 19.3. The van der Waals surface area contributed by atoms with Crippen molar-refractivity contribution in [3.63, 3.8) is 0 Å². The van der Waals surface area contributed by atoms with Crippen molar-refractivity contribution in [2.45, 2.75) is 18.1 Å². The summed E-state index contributed by atoms with van der Waals surface area (Å²) >= 11 is 0. The minimum absolute atomic E-state index is 0.0784. The average Bonchev–Trinajstić information content (AvgIpc) is 3.54. The molecule has 3 aromatic rings. The number of nitrogens with one attached hydrogen (secondary N) is 2. The summed E-state index contributed by atoms with van der Waals surface area (Å²) in [5.41, 5.74) is 1.55. The monoisotopic (exact) mass is 431 g/mol. The van der Waals surface area contributed by atoms with Crippen LogP contribution in [-0.4, -0.2) is 46.5 Å². The molecule has 6 rings (SSSR count). The van der Waals surface area contributed by atoms with Gasteiger partial charge >= 0.3 is 0 Å². The number of anilines is 1. The van der Waals surface area contributed by atoms with Gasteiger partial charge in [-0.2, -0.15) is 0 Å². The van der Waals surface area contributed by atoms with Crippen LogP contribution < -0.4 is 5.32 Å². The SMILES string of the molecule is O=C(Nc1ccccc1F)C1C2C=CC3(CN(CCc4c[nH]c5ccccc45)C(=O)C13)O2. The molecule has 2 amide bonds. The highest BCUT2D eigenvalue weighted by Gasteiger charge is 2.66. The molecule has 4 atom stereocenters. The van der Waals surface area contributed by atoms with Crippen molar-refractivity contribution in [2.24, 2.45) is 11.8 Å². The first-order chi connectivity index (χ1) is 15.6. The van der Waals surface area contributed by atoms with E-state index >= 15 is 0 Å². The molecule has 2 N–H and O–H groups in total. The standard InChI is InChI=1S/C25H22FN3O3/c26-17-6-2-4-8-19(17)28-23(30)21-20-9-11-25(32-20)14-29(24(31)22(21)25)12-10-15-13-27-18-7-3-1-5-16(15)18/h1-9,11,13,20-22,27H,10,12,14H2,(H,28,30). The average molecular weight is 431 g/mol. The maximum Gasteiger partial charge on any atom is 0.231 e. The number of aromatic nitrogens is 1. The maximum atomic E-state index is 14.0. The number of halogens is 1. The molecule has 2 bridgehead atoms. The second-order valence-corrected chi connectivity index (χ2v) is 8.74. The smallest absolute Gasteiger partial charge is 0.231 e. The van der Waals surface area contributed by atoms with Gasteiger partial charge in [0.1, 0.15) is 11.4 Å². The Morgan fingerprint density at radius 2 is 2.03 bits per heavy atom. The number of hydrogen-bond donors (Lipinski definition) is 2. The van der Waals surface area contributed by atoms with Crippen LogP contribution in [0.3, 0.4) is 0 Å². The zero-order valence-corrected chi connectivity index (χ0v) is 17.3. The van der Waals surface area contributed by atoms with E-state index in [1.807, 2.05) is 36.5 Å². The molecule has 3 aliphatic rings. The van der Waals surface area contributed by atoms with Gasteiger partial charge in [-0.3, -0.25) is 9.59 Å². The van der Waals surface area contributed by atoms with Crippen molar-refractivity contribution in [1.29, 1.82) is 0 Å². The molecular weight excluding hydrogens is 409 g/mol. The number of para-hydroxylation sites is 2. The molecule has 32 heavy (non-hydrogen) atoms. The number of likely N-dealkylation sites (tertiary alicyclic amines) is 1. The molecule has 6 nitrogen and oxygen atoms in total. The molecule has 0 radical (unpaired) electrons. The Labute approximate surface area is 184 Å². The van der Waals surface area contributed by atoms with Crippen LogP contribution in [0.1, 0.15) is 5.56 Å². The Morgan fingerprint density at radius 3 is 2.91 bits per heavy atom. The molecule has 7 heteroatoms. The predicted octanol–water partition coefficient (Wildman–Crippen LogP) is 3.27. The Kier molecular flexibility index (Phi) is 4.23. The Morgan fingerprint density at radius 1 is 1.22 bits per heavy atom. The number of fused-ring (bicyclic) bond motifs is 2. The van der Waals surface area contributed by atoms with Crippen molar-refractivity contribution in [3.8, 4) is 0 Å². The van der Waals surface area contributed by atoms with Gasteiger partial charge in [0.15, 0.2) is 0 Å². The van der Waals surface area contributed by atoms with E-state index in [4.69, 9.17) is 4.74 Å². The molecule has 1 spiro atoms. The van der Waals surface area contributed by atoms with Gasteiger partial charge in [-0.15, -0.1) is 0 Å². The summed E-state index contributed by atoms with van der Waals surface area (Å²) in [6, 6.07) is 14.1. The summed E-state index contributed by atoms with van der Waals surface area (Å²) in [6.45, 7) is 0.970. The van der Waals surface area contributed by atoms with Crippen molar-refractivity contribution < 1.29 is 18.7 Å². The van der Waals surface area contributed by atoms with Gasteiger partial charge in [0, 0.05) is 23.6 Å². The second kappa shape index (κ2) is 7.03. The number of ether oxygens (including phenoxy) is 1. The number of rotatable bonds is 5. The molecule has 4 unspecified atom stereocenters. The number of carbonyl (C=O) groups is 2. The second-order valence-electron chi connectivity index (χ2n) is 8.74. The van der Waals surface area contributed by atoms with Crippen LogP contribution in [0.2, 0.25) is 0 Å². The van der Waals surface area contributed by atoms with Crippen LogP contribution in [0.25, 0.3) is 10.9 Å². The van der Waals surface area contributed by atoms with Crippen LogP contribution in [0, 0.1) is 17.7 Å². The fraction of sp³-hybridized carbons (Fsp3) is 0.280. The topological polar surface area (TPSA) is 74.4 Å². The van der Waals surface area contributed by atoms with Crippen molar-refractivity contribution in [1.82, 2.24) is 9.88 Å². The van der Waals surface area contributed by atoms with Gasteiger partial charge in [-0.05, 0) is 30.2 Å². The number of aromatic amines is 1. The van der Waals surface area contributed by atoms with Gasteiger partial charge in [-0.25, -0.2) is 4.39 Å². The van der Waals surface area contributed by atoms with Crippen LogP contribution >= 0.6 is 0 Å². The minimum atomic E-state index is -0.779. The first-order valence-corrected chi connectivity index (χ1v) is 10.8. The van der Waals surface area contributed by atoms with Gasteiger partial charge in [0.2, 0.25) is 11.8 Å². The van der Waals surface area contributed by atoms with Gasteiger partial charge < -0.3 is 19.9 Å². The van der Waals surface area contributed by atoms with Crippen LogP contribution in [0.4, 0.5) is 10.1 Å². The van der Waals surface area contributed by atoms with E-state index in [9.17, 15) is 14.0 Å². The molecule has 4 heterocycles. The van der Waals surface area contributed by atoms with E-state index in [-0.39, 0.29) is 17.5 Å². The summed E-state index contributed by atoms with van der Waals surface area (Å²) < 4.78 is 20.2. The third kappa shape index (κ3) is 2.81. The number of amides is 2. The van der Waals surface area contributed by atoms with Gasteiger partial charge in [0.25, 0.3) is 0 Å². The zero-order valence-electron chi connectivity index (χ0n) is 17.3. The summed E-state index contributed by atoms with van der Waals surface area (Å²) in [5, 5.41) is 3.80. The third-order valence-corrected chi connectivity index (χ3v) is 6.94. The molecule has 162 valence electrons. The molecule has 0 saturated carbocycles. The van der Waals surface area contributed by atoms with Crippen LogP contribution in [0.15, 0.2) is 66.9 Å². The summed E-state index contributed by atoms with van der Waals surface area (Å²) in [6.07, 6.45) is 6.01. The summed E-state index contributed by atoms with van der Waals surface area (Å²) in [4.78, 5) is 31.5. The molecule has 2 aromatic carbocycles. The number of H-pyrrole nitrogens is 1. The number of hydrogen-bond acceptors (Lipinski definition) is 3. The summed E-state index contributed by atoms with van der Waals surface area (Å²) in [5.74, 6) is -2.24. The van der Waals surface area contributed by atoms with Crippen molar-refractivity contribution >= 4 is 28.4 Å². The van der Waals surface area contributed by atoms with Crippen LogP contribution in [0.5, 0.6) is 0 Å². The lowest BCUT2D eigenvalue weighted by atomic mass is 9.77. The zero-order chi connectivity index (χ0) is 21.9. The summed E-state index contributed by atoms with van der Waals surface area (Å²) in [7, 11) is 0. The molecule has 3 aliphatic heterocycles. The normalized spacial score (nSPS) is 28.0. The predicted molar refractivity (Wildman–Crippen MR) is 117 cm³/mol. The largest absolute Gasteiger partial charge is 0.361 e. The molecule has 2 saturated heterocycles. The van der Waals surface area contributed by atoms with E-state index in [1.54, 1.807) is 17.0 Å². The quantitative estimate of drug-likeness (QED) is 0.609. The van der Waals surface area contributed by atoms with E-state index in [2.05, 4.69) is 16.4 Å². The minimum Gasteiger partial charge on any atom is -0.361 e. The fourth-order valence-corrected chi connectivity index (χ4v) is 5.44. The van der Waals surface area contributed by atoms with E-state index in [1.165, 1.54) is 12.1 Å². The number of nitrogens with zero attached hydrogens (tertiary/aromatic N) is 1.